The molecule has 0 saturated heterocycles. The van der Waals surface area contributed by atoms with E-state index in [2.05, 4.69) is 27.5 Å². The maximum atomic E-state index is 10.9. The molecule has 4 N–H and O–H groups in total. The van der Waals surface area contributed by atoms with Crippen LogP contribution >= 0.6 is 23.2 Å². The molecule has 2 aromatic rings. The van der Waals surface area contributed by atoms with Crippen molar-refractivity contribution in [1.82, 2.24) is 15.6 Å². The minimum atomic E-state index is -0.848. The second-order valence-corrected chi connectivity index (χ2v) is 7.53. The molecule has 1 aromatic heterocycles. The van der Waals surface area contributed by atoms with E-state index >= 15 is 0 Å². The fraction of sp³-hybridized carbons (Fsp3) is 0.318. The highest BCUT2D eigenvalue weighted by molar-refractivity contribution is 6.42. The summed E-state index contributed by atoms with van der Waals surface area (Å²) >= 11 is 12.1. The highest BCUT2D eigenvalue weighted by Gasteiger charge is 2.17. The SMILES string of the molecule is C=C(/C=C(\CCNC)C(O)N[C@H](C)c1ccc(Cl)c(Cl)c1)c1cccnc1NC. The predicted molar refractivity (Wildman–Crippen MR) is 123 cm³/mol. The molecule has 0 radical (unpaired) electrons. The Morgan fingerprint density at radius 1 is 1.24 bits per heavy atom. The summed E-state index contributed by atoms with van der Waals surface area (Å²) in [7, 11) is 3.70. The van der Waals surface area contributed by atoms with Crippen LogP contribution in [-0.4, -0.2) is 37.0 Å². The summed E-state index contributed by atoms with van der Waals surface area (Å²) in [4.78, 5) is 4.32. The number of nitrogens with zero attached hydrogens (tertiary/aromatic N) is 1. The van der Waals surface area contributed by atoms with Gasteiger partial charge in [0.05, 0.1) is 10.0 Å². The molecule has 156 valence electrons. The normalized spacial score (nSPS) is 13.8. The zero-order chi connectivity index (χ0) is 21.4. The lowest BCUT2D eigenvalue weighted by molar-refractivity contribution is 0.155. The zero-order valence-electron chi connectivity index (χ0n) is 17.0. The van der Waals surface area contributed by atoms with Crippen molar-refractivity contribution in [2.45, 2.75) is 25.6 Å². The van der Waals surface area contributed by atoms with Gasteiger partial charge in [-0.15, -0.1) is 0 Å². The molecule has 0 fully saturated rings. The molecule has 1 unspecified atom stereocenters. The van der Waals surface area contributed by atoms with Crippen molar-refractivity contribution in [2.24, 2.45) is 0 Å². The third-order valence-corrected chi connectivity index (χ3v) is 5.36. The molecule has 29 heavy (non-hydrogen) atoms. The summed E-state index contributed by atoms with van der Waals surface area (Å²) in [6.45, 7) is 6.87. The lowest BCUT2D eigenvalue weighted by atomic mass is 10.0. The average Bonchev–Trinajstić information content (AvgIpc) is 2.72. The van der Waals surface area contributed by atoms with Gasteiger partial charge in [0.25, 0.3) is 0 Å². The van der Waals surface area contributed by atoms with Gasteiger partial charge in [-0.1, -0.05) is 41.9 Å². The molecule has 0 spiro atoms. The minimum Gasteiger partial charge on any atom is -0.375 e. The number of nitrogens with one attached hydrogen (secondary N) is 3. The number of aliphatic hydroxyl groups is 1. The predicted octanol–water partition coefficient (Wildman–Crippen LogP) is 4.65. The van der Waals surface area contributed by atoms with Crippen molar-refractivity contribution in [2.75, 3.05) is 26.0 Å². The largest absolute Gasteiger partial charge is 0.375 e. The van der Waals surface area contributed by atoms with Crippen molar-refractivity contribution in [3.8, 4) is 0 Å². The van der Waals surface area contributed by atoms with Crippen LogP contribution in [0.25, 0.3) is 5.57 Å². The molecule has 1 aromatic carbocycles. The maximum Gasteiger partial charge on any atom is 0.133 e. The molecule has 5 nitrogen and oxygen atoms in total. The number of aromatic nitrogens is 1. The van der Waals surface area contributed by atoms with Crippen LogP contribution in [0.5, 0.6) is 0 Å². The molecule has 0 aliphatic carbocycles. The Kier molecular flexibility index (Phi) is 9.14. The molecular formula is C22H28Cl2N4O. The Bertz CT molecular complexity index is 870. The van der Waals surface area contributed by atoms with Crippen LogP contribution < -0.4 is 16.0 Å². The number of rotatable bonds is 10. The van der Waals surface area contributed by atoms with E-state index in [0.29, 0.717) is 16.5 Å². The first-order valence-corrected chi connectivity index (χ1v) is 10.2. The second kappa shape index (κ2) is 11.3. The fourth-order valence-electron chi connectivity index (χ4n) is 2.94. The number of benzene rings is 1. The van der Waals surface area contributed by atoms with E-state index in [9.17, 15) is 5.11 Å². The molecule has 0 saturated carbocycles. The summed E-state index contributed by atoms with van der Waals surface area (Å²) in [5, 5.41) is 21.3. The number of hydrogen-bond donors (Lipinski definition) is 4. The van der Waals surface area contributed by atoms with E-state index in [0.717, 1.165) is 34.6 Å². The van der Waals surface area contributed by atoms with Crippen molar-refractivity contribution < 1.29 is 5.11 Å². The van der Waals surface area contributed by atoms with Crippen LogP contribution in [0.4, 0.5) is 5.82 Å². The quantitative estimate of drug-likeness (QED) is 0.323. The van der Waals surface area contributed by atoms with E-state index in [1.165, 1.54) is 0 Å². The van der Waals surface area contributed by atoms with Gasteiger partial charge in [-0.25, -0.2) is 4.98 Å². The summed E-state index contributed by atoms with van der Waals surface area (Å²) < 4.78 is 0. The molecule has 0 aliphatic heterocycles. The smallest absolute Gasteiger partial charge is 0.133 e. The first-order valence-electron chi connectivity index (χ1n) is 9.43. The lowest BCUT2D eigenvalue weighted by Gasteiger charge is -2.23. The van der Waals surface area contributed by atoms with E-state index in [1.54, 1.807) is 18.3 Å². The van der Waals surface area contributed by atoms with Crippen molar-refractivity contribution >= 4 is 34.6 Å². The molecule has 2 atom stereocenters. The van der Waals surface area contributed by atoms with Gasteiger partial charge in [-0.05, 0) is 67.9 Å². The molecule has 0 bridgehead atoms. The van der Waals surface area contributed by atoms with E-state index in [4.69, 9.17) is 23.2 Å². The van der Waals surface area contributed by atoms with Crippen LogP contribution in [0.15, 0.2) is 54.8 Å². The van der Waals surface area contributed by atoms with Crippen LogP contribution in [-0.2, 0) is 0 Å². The third-order valence-electron chi connectivity index (χ3n) is 4.62. The summed E-state index contributed by atoms with van der Waals surface area (Å²) in [5.41, 5.74) is 3.43. The zero-order valence-corrected chi connectivity index (χ0v) is 18.5. The number of hydrogen-bond acceptors (Lipinski definition) is 5. The second-order valence-electron chi connectivity index (χ2n) is 6.71. The summed E-state index contributed by atoms with van der Waals surface area (Å²) in [6.07, 6.45) is 3.45. The molecule has 7 heteroatoms. The van der Waals surface area contributed by atoms with Gasteiger partial charge in [-0.3, -0.25) is 5.32 Å². The summed E-state index contributed by atoms with van der Waals surface area (Å²) in [5.74, 6) is 0.744. The number of allylic oxidation sites excluding steroid dienone is 2. The third kappa shape index (κ3) is 6.56. The van der Waals surface area contributed by atoms with E-state index in [-0.39, 0.29) is 6.04 Å². The van der Waals surface area contributed by atoms with Gasteiger partial charge in [0.2, 0.25) is 0 Å². The molecule has 0 aliphatic rings. The number of pyridine rings is 1. The lowest BCUT2D eigenvalue weighted by Crippen LogP contribution is -2.34. The van der Waals surface area contributed by atoms with Gasteiger partial charge in [0.15, 0.2) is 0 Å². The fourth-order valence-corrected chi connectivity index (χ4v) is 3.25. The Morgan fingerprint density at radius 2 is 2.00 bits per heavy atom. The van der Waals surface area contributed by atoms with Crippen LogP contribution in [0.3, 0.4) is 0 Å². The highest BCUT2D eigenvalue weighted by Crippen LogP contribution is 2.27. The van der Waals surface area contributed by atoms with Crippen molar-refractivity contribution in [1.29, 1.82) is 0 Å². The Balaban J connectivity index is 2.22. The topological polar surface area (TPSA) is 69.2 Å². The number of aliphatic hydroxyl groups excluding tert-OH is 1. The Morgan fingerprint density at radius 3 is 2.66 bits per heavy atom. The van der Waals surface area contributed by atoms with Gasteiger partial charge < -0.3 is 15.7 Å². The van der Waals surface area contributed by atoms with Gasteiger partial charge in [-0.2, -0.15) is 0 Å². The molecular weight excluding hydrogens is 407 g/mol. The minimum absolute atomic E-state index is 0.128. The molecule has 1 heterocycles. The highest BCUT2D eigenvalue weighted by atomic mass is 35.5. The van der Waals surface area contributed by atoms with Crippen LogP contribution in [0, 0.1) is 0 Å². The van der Waals surface area contributed by atoms with Gasteiger partial charge in [0, 0.05) is 24.8 Å². The standard InChI is InChI=1S/C22H28Cl2N4O/c1-14(18-6-5-10-27-21(18)26-4)12-17(9-11-25-3)22(29)28-15(2)16-7-8-19(23)20(24)13-16/h5-8,10,12-13,15,22,25,28-29H,1,9,11H2,2-4H3,(H,26,27)/b17-12+/t15-,22?/m1/s1. The van der Waals surface area contributed by atoms with Crippen molar-refractivity contribution in [3.63, 3.8) is 0 Å². The molecule has 2 rings (SSSR count). The monoisotopic (exact) mass is 434 g/mol. The first kappa shape index (κ1) is 23.4. The van der Waals surface area contributed by atoms with Gasteiger partial charge in [0.1, 0.15) is 12.0 Å². The van der Waals surface area contributed by atoms with E-state index in [1.807, 2.05) is 45.3 Å². The summed E-state index contributed by atoms with van der Waals surface area (Å²) in [6, 6.07) is 9.14. The van der Waals surface area contributed by atoms with Crippen LogP contribution in [0.2, 0.25) is 10.0 Å². The Hall–Kier alpha value is -1.89. The maximum absolute atomic E-state index is 10.9. The van der Waals surface area contributed by atoms with Gasteiger partial charge >= 0.3 is 0 Å². The van der Waals surface area contributed by atoms with E-state index < -0.39 is 6.23 Å². The van der Waals surface area contributed by atoms with Crippen LogP contribution in [0.1, 0.15) is 30.5 Å². The first-order chi connectivity index (χ1) is 13.9. The average molecular weight is 435 g/mol. The Labute approximate surface area is 182 Å². The van der Waals surface area contributed by atoms with Crippen molar-refractivity contribution in [3.05, 3.63) is 75.9 Å². The number of halogens is 2. The number of anilines is 1. The molecule has 0 amide bonds.